The lowest BCUT2D eigenvalue weighted by molar-refractivity contribution is -0.138. The van der Waals surface area contributed by atoms with Crippen LogP contribution in [0.2, 0.25) is 0 Å². The summed E-state index contributed by atoms with van der Waals surface area (Å²) < 4.78 is 13.8. The second-order valence-electron chi connectivity index (χ2n) is 4.02. The van der Waals surface area contributed by atoms with Gasteiger partial charge in [-0.2, -0.15) is 0 Å². The van der Waals surface area contributed by atoms with Crippen molar-refractivity contribution in [1.82, 2.24) is 0 Å². The lowest BCUT2D eigenvalue weighted by Gasteiger charge is -2.10. The minimum Gasteiger partial charge on any atom is -0.466 e. The van der Waals surface area contributed by atoms with Gasteiger partial charge in [0, 0.05) is 17.7 Å². The molecule has 0 heterocycles. The summed E-state index contributed by atoms with van der Waals surface area (Å²) in [5, 5.41) is 0. The summed E-state index contributed by atoms with van der Waals surface area (Å²) in [4.78, 5) is 35.0. The molecule has 22 heavy (non-hydrogen) atoms. The summed E-state index contributed by atoms with van der Waals surface area (Å²) in [6.07, 6.45) is 2.08. The van der Waals surface area contributed by atoms with Crippen molar-refractivity contribution in [2.75, 3.05) is 21.3 Å². The van der Waals surface area contributed by atoms with Crippen LogP contribution in [-0.2, 0) is 28.6 Å². The summed E-state index contributed by atoms with van der Waals surface area (Å²) in [6, 6.07) is 8.60. The first-order valence-corrected chi connectivity index (χ1v) is 6.26. The first-order chi connectivity index (χ1) is 10.5. The van der Waals surface area contributed by atoms with E-state index in [2.05, 4.69) is 14.2 Å². The number of carbonyl (C=O) groups excluding carboxylic acids is 3. The van der Waals surface area contributed by atoms with Crippen LogP contribution in [0.15, 0.2) is 48.1 Å². The quantitative estimate of drug-likeness (QED) is 0.355. The molecule has 1 aromatic carbocycles. The summed E-state index contributed by atoms with van der Waals surface area (Å²) in [6.45, 7) is 0. The number of hydrogen-bond donors (Lipinski definition) is 0. The molecule has 0 atom stereocenters. The molecule has 0 bridgehead atoms. The molecule has 0 saturated heterocycles. The van der Waals surface area contributed by atoms with E-state index in [9.17, 15) is 14.4 Å². The van der Waals surface area contributed by atoms with Gasteiger partial charge in [0.05, 0.1) is 26.9 Å². The van der Waals surface area contributed by atoms with E-state index in [4.69, 9.17) is 0 Å². The van der Waals surface area contributed by atoms with Crippen molar-refractivity contribution in [3.05, 3.63) is 53.6 Å². The summed E-state index contributed by atoms with van der Waals surface area (Å²) in [7, 11) is 3.57. The van der Waals surface area contributed by atoms with E-state index in [0.717, 1.165) is 12.2 Å². The van der Waals surface area contributed by atoms with Crippen LogP contribution >= 0.6 is 0 Å². The summed E-state index contributed by atoms with van der Waals surface area (Å²) in [5.74, 6) is -2.19. The molecule has 0 radical (unpaired) electrons. The van der Waals surface area contributed by atoms with Gasteiger partial charge in [-0.05, 0) is 5.56 Å². The Bertz CT molecular complexity index is 613. The fraction of sp³-hybridized carbons (Fsp3) is 0.188. The van der Waals surface area contributed by atoms with Gasteiger partial charge in [0.15, 0.2) is 0 Å². The number of methoxy groups -OCH3 is 3. The average Bonchev–Trinajstić information content (AvgIpc) is 2.57. The Morgan fingerprint density at radius 2 is 1.36 bits per heavy atom. The number of ether oxygens (including phenoxy) is 3. The Labute approximate surface area is 128 Å². The molecule has 0 aromatic heterocycles. The van der Waals surface area contributed by atoms with E-state index in [-0.39, 0.29) is 11.1 Å². The highest BCUT2D eigenvalue weighted by atomic mass is 16.5. The number of carbonyl (C=O) groups is 3. The van der Waals surface area contributed by atoms with Crippen molar-refractivity contribution in [1.29, 1.82) is 0 Å². The van der Waals surface area contributed by atoms with Crippen LogP contribution in [0, 0.1) is 0 Å². The molecule has 0 aliphatic rings. The van der Waals surface area contributed by atoms with E-state index < -0.39 is 17.9 Å². The number of hydrogen-bond acceptors (Lipinski definition) is 6. The van der Waals surface area contributed by atoms with Crippen molar-refractivity contribution >= 4 is 23.5 Å². The maximum atomic E-state index is 12.0. The molecule has 0 fully saturated rings. The normalized spacial score (nSPS) is 11.6. The molecule has 0 saturated carbocycles. The zero-order valence-electron chi connectivity index (χ0n) is 12.5. The molecule has 6 nitrogen and oxygen atoms in total. The van der Waals surface area contributed by atoms with E-state index in [1.165, 1.54) is 21.3 Å². The Hall–Kier alpha value is -2.89. The fourth-order valence-electron chi connectivity index (χ4n) is 1.64. The molecule has 1 aromatic rings. The number of esters is 3. The van der Waals surface area contributed by atoms with Gasteiger partial charge in [-0.3, -0.25) is 0 Å². The van der Waals surface area contributed by atoms with Gasteiger partial charge in [0.2, 0.25) is 0 Å². The molecule has 0 unspecified atom stereocenters. The van der Waals surface area contributed by atoms with Crippen LogP contribution in [-0.4, -0.2) is 39.2 Å². The lowest BCUT2D eigenvalue weighted by Crippen LogP contribution is -2.11. The van der Waals surface area contributed by atoms with Crippen molar-refractivity contribution in [2.24, 2.45) is 0 Å². The van der Waals surface area contributed by atoms with Crippen LogP contribution < -0.4 is 0 Å². The van der Waals surface area contributed by atoms with Crippen molar-refractivity contribution < 1.29 is 28.6 Å². The summed E-state index contributed by atoms with van der Waals surface area (Å²) >= 11 is 0. The van der Waals surface area contributed by atoms with Crippen molar-refractivity contribution in [2.45, 2.75) is 0 Å². The molecule has 1 rings (SSSR count). The molecule has 6 heteroatoms. The van der Waals surface area contributed by atoms with Gasteiger partial charge >= 0.3 is 17.9 Å². The highest BCUT2D eigenvalue weighted by molar-refractivity contribution is 6.13. The van der Waals surface area contributed by atoms with Crippen molar-refractivity contribution in [3.63, 3.8) is 0 Å². The third-order valence-electron chi connectivity index (χ3n) is 2.71. The molecule has 0 aliphatic heterocycles. The molecule has 0 N–H and O–H groups in total. The Kier molecular flexibility index (Phi) is 6.56. The largest absolute Gasteiger partial charge is 0.466 e. The Morgan fingerprint density at radius 1 is 0.818 bits per heavy atom. The fourth-order valence-corrected chi connectivity index (χ4v) is 1.64. The number of rotatable bonds is 5. The zero-order valence-corrected chi connectivity index (χ0v) is 12.5. The second kappa shape index (κ2) is 8.41. The molecule has 0 spiro atoms. The zero-order chi connectivity index (χ0) is 16.5. The van der Waals surface area contributed by atoms with Gasteiger partial charge in [-0.25, -0.2) is 14.4 Å². The van der Waals surface area contributed by atoms with E-state index in [1.807, 2.05) is 0 Å². The predicted molar refractivity (Wildman–Crippen MR) is 78.6 cm³/mol. The van der Waals surface area contributed by atoms with Gasteiger partial charge in [0.25, 0.3) is 0 Å². The molecular weight excluding hydrogens is 288 g/mol. The van der Waals surface area contributed by atoms with E-state index in [1.54, 1.807) is 30.3 Å². The lowest BCUT2D eigenvalue weighted by atomic mass is 9.97. The predicted octanol–water partition coefficient (Wildman–Crippen LogP) is 1.52. The molecule has 0 amide bonds. The van der Waals surface area contributed by atoms with Crippen LogP contribution in [0.25, 0.3) is 5.57 Å². The van der Waals surface area contributed by atoms with Crippen LogP contribution in [0.4, 0.5) is 0 Å². The molecular formula is C16H16O6. The first kappa shape index (κ1) is 17.2. The minimum atomic E-state index is -0.774. The van der Waals surface area contributed by atoms with Crippen LogP contribution in [0.1, 0.15) is 5.56 Å². The van der Waals surface area contributed by atoms with Gasteiger partial charge in [0.1, 0.15) is 0 Å². The standard InChI is InChI=1S/C16H16O6/c1-20-14(17)9-12(11-7-5-4-6-8-11)13(16(19)22-3)10-15(18)21-2/h4-10H,1-3H3/b12-9+,13-10+. The SMILES string of the molecule is COC(=O)/C=C(C(=O)OC)\C(=C\C(=O)OC)c1ccccc1. The Morgan fingerprint density at radius 3 is 1.86 bits per heavy atom. The second-order valence-corrected chi connectivity index (χ2v) is 4.02. The van der Waals surface area contributed by atoms with Gasteiger partial charge in [-0.15, -0.1) is 0 Å². The van der Waals surface area contributed by atoms with E-state index in [0.29, 0.717) is 5.56 Å². The van der Waals surface area contributed by atoms with Gasteiger partial charge < -0.3 is 14.2 Å². The monoisotopic (exact) mass is 304 g/mol. The highest BCUT2D eigenvalue weighted by Gasteiger charge is 2.20. The highest BCUT2D eigenvalue weighted by Crippen LogP contribution is 2.24. The van der Waals surface area contributed by atoms with Crippen LogP contribution in [0.3, 0.4) is 0 Å². The maximum absolute atomic E-state index is 12.0. The smallest absolute Gasteiger partial charge is 0.338 e. The third-order valence-corrected chi connectivity index (χ3v) is 2.71. The average molecular weight is 304 g/mol. The minimum absolute atomic E-state index is 0.106. The van der Waals surface area contributed by atoms with E-state index >= 15 is 0 Å². The first-order valence-electron chi connectivity index (χ1n) is 6.26. The summed E-state index contributed by atoms with van der Waals surface area (Å²) in [5.41, 5.74) is 0.643. The Balaban J connectivity index is 3.48. The van der Waals surface area contributed by atoms with Crippen molar-refractivity contribution in [3.8, 4) is 0 Å². The third kappa shape index (κ3) is 4.59. The molecule has 0 aliphatic carbocycles. The number of benzene rings is 1. The van der Waals surface area contributed by atoms with Gasteiger partial charge in [-0.1, -0.05) is 30.3 Å². The molecule has 116 valence electrons. The topological polar surface area (TPSA) is 78.9 Å². The maximum Gasteiger partial charge on any atom is 0.338 e. The van der Waals surface area contributed by atoms with Crippen LogP contribution in [0.5, 0.6) is 0 Å².